The second-order valence-corrected chi connectivity index (χ2v) is 7.56. The van der Waals surface area contributed by atoms with Gasteiger partial charge >= 0.3 is 5.97 Å². The Morgan fingerprint density at radius 1 is 1.04 bits per heavy atom. The number of ether oxygens (including phenoxy) is 1. The Bertz CT molecular complexity index is 903. The number of phenols is 1. The lowest BCUT2D eigenvalue weighted by Crippen LogP contribution is -2.40. The molecule has 25 heavy (non-hydrogen) atoms. The van der Waals surface area contributed by atoms with Gasteiger partial charge in [0, 0.05) is 13.1 Å². The minimum atomic E-state index is -3.83. The first-order valence-electron chi connectivity index (χ1n) is 7.63. The molecular formula is C17H17NO6S. The largest absolute Gasteiger partial charge is 0.508 e. The van der Waals surface area contributed by atoms with E-state index in [0.717, 1.165) is 6.07 Å². The summed E-state index contributed by atoms with van der Waals surface area (Å²) in [5, 5.41) is 19.0. The molecule has 0 amide bonds. The summed E-state index contributed by atoms with van der Waals surface area (Å²) in [6.07, 6.45) is 0. The highest BCUT2D eigenvalue weighted by Gasteiger charge is 2.27. The molecule has 1 saturated heterocycles. The highest BCUT2D eigenvalue weighted by molar-refractivity contribution is 7.89. The van der Waals surface area contributed by atoms with Gasteiger partial charge in [0.1, 0.15) is 5.75 Å². The van der Waals surface area contributed by atoms with Crippen molar-refractivity contribution in [3.05, 3.63) is 48.0 Å². The van der Waals surface area contributed by atoms with Gasteiger partial charge < -0.3 is 14.9 Å². The SMILES string of the molecule is O=C(O)c1cc(-c2cccc(O)c2)cc(S(=O)(=O)N2CCOCC2)c1. The minimum Gasteiger partial charge on any atom is -0.508 e. The first-order chi connectivity index (χ1) is 11.9. The number of morpholine rings is 1. The molecule has 1 aliphatic rings. The minimum absolute atomic E-state index is 0.0100. The summed E-state index contributed by atoms with van der Waals surface area (Å²) in [5.74, 6) is -1.21. The van der Waals surface area contributed by atoms with Crippen LogP contribution in [0.1, 0.15) is 10.4 Å². The van der Waals surface area contributed by atoms with Crippen molar-refractivity contribution in [1.82, 2.24) is 4.31 Å². The molecule has 0 atom stereocenters. The highest BCUT2D eigenvalue weighted by Crippen LogP contribution is 2.28. The lowest BCUT2D eigenvalue weighted by molar-refractivity contribution is 0.0696. The average molecular weight is 363 g/mol. The van der Waals surface area contributed by atoms with E-state index < -0.39 is 16.0 Å². The van der Waals surface area contributed by atoms with Crippen molar-refractivity contribution in [2.45, 2.75) is 4.90 Å². The molecule has 8 heteroatoms. The smallest absolute Gasteiger partial charge is 0.335 e. The van der Waals surface area contributed by atoms with E-state index in [1.54, 1.807) is 12.1 Å². The molecule has 2 aromatic rings. The number of carbonyl (C=O) groups is 1. The van der Waals surface area contributed by atoms with Crippen molar-refractivity contribution in [2.24, 2.45) is 0 Å². The summed E-state index contributed by atoms with van der Waals surface area (Å²) in [6.45, 7) is 1.05. The number of aromatic carboxylic acids is 1. The van der Waals surface area contributed by atoms with E-state index in [1.807, 2.05) is 0 Å². The van der Waals surface area contributed by atoms with E-state index in [1.165, 1.54) is 28.6 Å². The number of sulfonamides is 1. The van der Waals surface area contributed by atoms with Gasteiger partial charge in [0.25, 0.3) is 0 Å². The molecule has 2 aromatic carbocycles. The fourth-order valence-electron chi connectivity index (χ4n) is 2.66. The van der Waals surface area contributed by atoms with Gasteiger partial charge in [-0.1, -0.05) is 12.1 Å². The van der Waals surface area contributed by atoms with Crippen LogP contribution >= 0.6 is 0 Å². The molecule has 0 radical (unpaired) electrons. The van der Waals surface area contributed by atoms with Crippen LogP contribution in [0.25, 0.3) is 11.1 Å². The van der Waals surface area contributed by atoms with Crippen molar-refractivity contribution >= 4 is 16.0 Å². The van der Waals surface area contributed by atoms with Crippen molar-refractivity contribution < 1.29 is 28.2 Å². The average Bonchev–Trinajstić information content (AvgIpc) is 2.62. The number of aromatic hydroxyl groups is 1. The van der Waals surface area contributed by atoms with Crippen LogP contribution in [0, 0.1) is 0 Å². The first kappa shape index (κ1) is 17.4. The molecule has 1 heterocycles. The third-order valence-corrected chi connectivity index (χ3v) is 5.82. The molecule has 132 valence electrons. The standard InChI is InChI=1S/C17H17NO6S/c19-15-3-1-2-12(9-15)13-8-14(17(20)21)11-16(10-13)25(22,23)18-4-6-24-7-5-18/h1-3,8-11,19H,4-7H2,(H,20,21). The number of rotatable bonds is 4. The molecule has 0 aromatic heterocycles. The first-order valence-corrected chi connectivity index (χ1v) is 9.07. The quantitative estimate of drug-likeness (QED) is 0.858. The number of carboxylic acid groups (broad SMARTS) is 1. The fraction of sp³-hybridized carbons (Fsp3) is 0.235. The van der Waals surface area contributed by atoms with Gasteiger partial charge in [0.15, 0.2) is 0 Å². The monoisotopic (exact) mass is 363 g/mol. The highest BCUT2D eigenvalue weighted by atomic mass is 32.2. The summed E-state index contributed by atoms with van der Waals surface area (Å²) < 4.78 is 32.1. The third-order valence-electron chi connectivity index (χ3n) is 3.94. The van der Waals surface area contributed by atoms with Gasteiger partial charge in [0.2, 0.25) is 10.0 Å². The molecular weight excluding hydrogens is 346 g/mol. The topological polar surface area (TPSA) is 104 Å². The van der Waals surface area contributed by atoms with Crippen molar-refractivity contribution in [2.75, 3.05) is 26.3 Å². The van der Waals surface area contributed by atoms with Crippen LogP contribution in [0.5, 0.6) is 5.75 Å². The lowest BCUT2D eigenvalue weighted by atomic mass is 10.0. The van der Waals surface area contributed by atoms with Gasteiger partial charge in [-0.15, -0.1) is 0 Å². The lowest BCUT2D eigenvalue weighted by Gasteiger charge is -2.26. The Morgan fingerprint density at radius 2 is 1.76 bits per heavy atom. The Kier molecular flexibility index (Phi) is 4.76. The Morgan fingerprint density at radius 3 is 2.40 bits per heavy atom. The zero-order chi connectivity index (χ0) is 18.0. The van der Waals surface area contributed by atoms with Gasteiger partial charge in [0.05, 0.1) is 23.7 Å². The number of benzene rings is 2. The second kappa shape index (κ2) is 6.83. The maximum absolute atomic E-state index is 12.8. The Labute approximate surface area is 145 Å². The van der Waals surface area contributed by atoms with Crippen LogP contribution < -0.4 is 0 Å². The molecule has 0 spiro atoms. The van der Waals surface area contributed by atoms with E-state index >= 15 is 0 Å². The number of nitrogens with zero attached hydrogens (tertiary/aromatic N) is 1. The third kappa shape index (κ3) is 3.65. The number of hydrogen-bond donors (Lipinski definition) is 2. The predicted molar refractivity (Wildman–Crippen MR) is 90.1 cm³/mol. The molecule has 1 aliphatic heterocycles. The summed E-state index contributed by atoms with van der Waals surface area (Å²) in [5.41, 5.74) is 0.803. The molecule has 1 fully saturated rings. The van der Waals surface area contributed by atoms with Crippen molar-refractivity contribution in [1.29, 1.82) is 0 Å². The van der Waals surface area contributed by atoms with Gasteiger partial charge in [-0.3, -0.25) is 0 Å². The van der Waals surface area contributed by atoms with Crippen LogP contribution in [-0.2, 0) is 14.8 Å². The van der Waals surface area contributed by atoms with E-state index in [2.05, 4.69) is 0 Å². The zero-order valence-electron chi connectivity index (χ0n) is 13.3. The second-order valence-electron chi connectivity index (χ2n) is 5.62. The summed E-state index contributed by atoms with van der Waals surface area (Å²) in [4.78, 5) is 11.3. The van der Waals surface area contributed by atoms with E-state index in [-0.39, 0.29) is 29.3 Å². The number of phenolic OH excluding ortho intramolecular Hbond substituents is 1. The molecule has 0 unspecified atom stereocenters. The van der Waals surface area contributed by atoms with E-state index in [9.17, 15) is 23.4 Å². The van der Waals surface area contributed by atoms with E-state index in [0.29, 0.717) is 24.3 Å². The van der Waals surface area contributed by atoms with Gasteiger partial charge in [-0.05, 0) is 41.5 Å². The van der Waals surface area contributed by atoms with Crippen LogP contribution in [0.2, 0.25) is 0 Å². The van der Waals surface area contributed by atoms with Crippen molar-refractivity contribution in [3.8, 4) is 16.9 Å². The summed E-state index contributed by atoms with van der Waals surface area (Å²) >= 11 is 0. The van der Waals surface area contributed by atoms with Crippen molar-refractivity contribution in [3.63, 3.8) is 0 Å². The molecule has 2 N–H and O–H groups in total. The zero-order valence-corrected chi connectivity index (χ0v) is 14.1. The van der Waals surface area contributed by atoms with Crippen LogP contribution in [0.15, 0.2) is 47.4 Å². The molecule has 7 nitrogen and oxygen atoms in total. The van der Waals surface area contributed by atoms with Gasteiger partial charge in [-0.2, -0.15) is 4.31 Å². The summed E-state index contributed by atoms with van der Waals surface area (Å²) in [6, 6.07) is 10.2. The fourth-order valence-corrected chi connectivity index (χ4v) is 4.14. The predicted octanol–water partition coefficient (Wildman–Crippen LogP) is 1.78. The Balaban J connectivity index is 2.11. The Hall–Kier alpha value is -2.42. The van der Waals surface area contributed by atoms with Crippen LogP contribution in [-0.4, -0.2) is 55.2 Å². The van der Waals surface area contributed by atoms with Crippen LogP contribution in [0.4, 0.5) is 0 Å². The number of carboxylic acids is 1. The normalized spacial score (nSPS) is 15.8. The number of hydrogen-bond acceptors (Lipinski definition) is 5. The molecule has 0 bridgehead atoms. The van der Waals surface area contributed by atoms with Crippen LogP contribution in [0.3, 0.4) is 0 Å². The maximum atomic E-state index is 12.8. The maximum Gasteiger partial charge on any atom is 0.335 e. The van der Waals surface area contributed by atoms with Gasteiger partial charge in [-0.25, -0.2) is 13.2 Å². The summed E-state index contributed by atoms with van der Waals surface area (Å²) in [7, 11) is -3.83. The molecule has 3 rings (SSSR count). The molecule has 0 saturated carbocycles. The van der Waals surface area contributed by atoms with E-state index in [4.69, 9.17) is 4.74 Å². The molecule has 0 aliphatic carbocycles.